The fraction of sp³-hybridized carbons (Fsp3) is 0.318. The van der Waals surface area contributed by atoms with Gasteiger partial charge in [-0.1, -0.05) is 6.07 Å². The summed E-state index contributed by atoms with van der Waals surface area (Å²) < 4.78 is 57.9. The highest BCUT2D eigenvalue weighted by Crippen LogP contribution is 2.33. The molecule has 1 amide bonds. The molecule has 0 spiro atoms. The van der Waals surface area contributed by atoms with Gasteiger partial charge in [0, 0.05) is 24.2 Å². The minimum absolute atomic E-state index is 0.191. The molecule has 158 valence electrons. The molecule has 0 aliphatic carbocycles. The van der Waals surface area contributed by atoms with Crippen LogP contribution < -0.4 is 10.2 Å². The molecule has 0 radical (unpaired) electrons. The van der Waals surface area contributed by atoms with Crippen LogP contribution >= 0.6 is 0 Å². The number of nitrogens with one attached hydrogen (secondary N) is 1. The summed E-state index contributed by atoms with van der Waals surface area (Å²) in [7, 11) is 0. The van der Waals surface area contributed by atoms with Crippen molar-refractivity contribution in [3.8, 4) is 0 Å². The molecule has 4 rings (SSSR count). The van der Waals surface area contributed by atoms with E-state index in [-0.39, 0.29) is 17.6 Å². The summed E-state index contributed by atoms with van der Waals surface area (Å²) in [6.07, 6.45) is -3.86. The molecule has 2 heterocycles. The quantitative estimate of drug-likeness (QED) is 0.583. The second kappa shape index (κ2) is 7.66. The van der Waals surface area contributed by atoms with E-state index in [1.807, 2.05) is 0 Å². The first kappa shape index (κ1) is 20.3. The first-order valence-corrected chi connectivity index (χ1v) is 9.62. The number of halogens is 4. The van der Waals surface area contributed by atoms with Gasteiger partial charge in [0.05, 0.1) is 17.5 Å². The molecule has 2 atom stereocenters. The smallest absolute Gasteiger partial charge is 0.416 e. The van der Waals surface area contributed by atoms with E-state index in [4.69, 9.17) is 4.42 Å². The number of hydrogen-bond acceptors (Lipinski definition) is 3. The highest BCUT2D eigenvalue weighted by molar-refractivity contribution is 5.81. The van der Waals surface area contributed by atoms with Crippen molar-refractivity contribution in [2.24, 2.45) is 5.92 Å². The van der Waals surface area contributed by atoms with Crippen molar-refractivity contribution in [1.82, 2.24) is 5.32 Å². The van der Waals surface area contributed by atoms with E-state index in [1.165, 1.54) is 24.3 Å². The molecular formula is C22H20F4N2O2. The molecule has 1 unspecified atom stereocenters. The Kier molecular flexibility index (Phi) is 5.17. The Labute approximate surface area is 170 Å². The first-order valence-electron chi connectivity index (χ1n) is 9.62. The molecule has 1 fully saturated rings. The molecular weight excluding hydrogens is 400 g/mol. The number of amides is 1. The summed E-state index contributed by atoms with van der Waals surface area (Å²) in [6.45, 7) is 2.61. The van der Waals surface area contributed by atoms with Crippen molar-refractivity contribution in [3.05, 3.63) is 65.7 Å². The number of alkyl halides is 3. The molecule has 8 heteroatoms. The van der Waals surface area contributed by atoms with E-state index >= 15 is 0 Å². The standard InChI is InChI=1S/C22H20F4N2O2/c1-13(20-10-15-9-17(23)5-6-19(15)30-20)27-21(29)14-7-8-28(12-14)18-4-2-3-16(11-18)22(24,25)26/h2-6,9-11,13-14H,7-8,12H2,1H3,(H,27,29)/t13?,14-/m0/s1. The molecule has 1 saturated heterocycles. The molecule has 1 aliphatic rings. The third-order valence-corrected chi connectivity index (χ3v) is 5.38. The number of furan rings is 1. The van der Waals surface area contributed by atoms with Gasteiger partial charge in [-0.2, -0.15) is 13.2 Å². The zero-order chi connectivity index (χ0) is 21.5. The van der Waals surface area contributed by atoms with Crippen LogP contribution in [-0.2, 0) is 11.0 Å². The van der Waals surface area contributed by atoms with Crippen molar-refractivity contribution in [3.63, 3.8) is 0 Å². The third-order valence-electron chi connectivity index (χ3n) is 5.38. The molecule has 2 aromatic carbocycles. The lowest BCUT2D eigenvalue weighted by Gasteiger charge is -2.20. The largest absolute Gasteiger partial charge is 0.459 e. The fourth-order valence-electron chi connectivity index (χ4n) is 3.74. The van der Waals surface area contributed by atoms with Crippen LogP contribution in [0.3, 0.4) is 0 Å². The van der Waals surface area contributed by atoms with Gasteiger partial charge in [0.2, 0.25) is 5.91 Å². The molecule has 0 bridgehead atoms. The molecule has 3 aromatic rings. The molecule has 1 N–H and O–H groups in total. The predicted molar refractivity (Wildman–Crippen MR) is 104 cm³/mol. The minimum atomic E-state index is -4.41. The molecule has 4 nitrogen and oxygen atoms in total. The number of benzene rings is 2. The van der Waals surface area contributed by atoms with E-state index in [0.29, 0.717) is 41.9 Å². The van der Waals surface area contributed by atoms with Gasteiger partial charge in [0.1, 0.15) is 17.2 Å². The number of rotatable bonds is 4. The van der Waals surface area contributed by atoms with E-state index < -0.39 is 17.8 Å². The van der Waals surface area contributed by atoms with Crippen molar-refractivity contribution >= 4 is 22.6 Å². The van der Waals surface area contributed by atoms with Crippen molar-refractivity contribution in [1.29, 1.82) is 0 Å². The lowest BCUT2D eigenvalue weighted by Crippen LogP contribution is -2.34. The Morgan fingerprint density at radius 1 is 1.20 bits per heavy atom. The number of carbonyl (C=O) groups is 1. The van der Waals surface area contributed by atoms with Gasteiger partial charge in [0.15, 0.2) is 0 Å². The monoisotopic (exact) mass is 420 g/mol. The maximum Gasteiger partial charge on any atom is 0.416 e. The number of nitrogens with zero attached hydrogens (tertiary/aromatic N) is 1. The third kappa shape index (κ3) is 4.13. The lowest BCUT2D eigenvalue weighted by atomic mass is 10.1. The van der Waals surface area contributed by atoms with E-state index in [0.717, 1.165) is 12.1 Å². The minimum Gasteiger partial charge on any atom is -0.459 e. The van der Waals surface area contributed by atoms with Gasteiger partial charge in [-0.3, -0.25) is 4.79 Å². The summed E-state index contributed by atoms with van der Waals surface area (Å²) in [5, 5.41) is 3.50. The van der Waals surface area contributed by atoms with Crippen LogP contribution in [0.1, 0.15) is 30.7 Å². The van der Waals surface area contributed by atoms with Crippen LogP contribution in [0.25, 0.3) is 11.0 Å². The maximum atomic E-state index is 13.3. The normalized spacial score (nSPS) is 18.0. The zero-order valence-electron chi connectivity index (χ0n) is 16.2. The highest BCUT2D eigenvalue weighted by Gasteiger charge is 2.33. The number of hydrogen-bond donors (Lipinski definition) is 1. The summed E-state index contributed by atoms with van der Waals surface area (Å²) in [5.74, 6) is -0.392. The van der Waals surface area contributed by atoms with Gasteiger partial charge in [-0.15, -0.1) is 0 Å². The number of carbonyl (C=O) groups excluding carboxylic acids is 1. The van der Waals surface area contributed by atoms with Gasteiger partial charge in [0.25, 0.3) is 0 Å². The van der Waals surface area contributed by atoms with E-state index in [1.54, 1.807) is 24.0 Å². The predicted octanol–water partition coefficient (Wildman–Crippen LogP) is 5.29. The molecule has 30 heavy (non-hydrogen) atoms. The van der Waals surface area contributed by atoms with Gasteiger partial charge < -0.3 is 14.6 Å². The SMILES string of the molecule is CC(NC(=O)[C@H]1CCN(c2cccc(C(F)(F)F)c2)C1)c1cc2cc(F)ccc2o1. The number of fused-ring (bicyclic) bond motifs is 1. The summed E-state index contributed by atoms with van der Waals surface area (Å²) in [5.41, 5.74) is 0.277. The highest BCUT2D eigenvalue weighted by atomic mass is 19.4. The van der Waals surface area contributed by atoms with Crippen molar-refractivity contribution < 1.29 is 26.8 Å². The van der Waals surface area contributed by atoms with Crippen LogP contribution in [0.2, 0.25) is 0 Å². The van der Waals surface area contributed by atoms with Crippen LogP contribution in [-0.4, -0.2) is 19.0 Å². The second-order valence-corrected chi connectivity index (χ2v) is 7.54. The van der Waals surface area contributed by atoms with Crippen LogP contribution in [0, 0.1) is 11.7 Å². The summed E-state index contributed by atoms with van der Waals surface area (Å²) in [6, 6.07) is 10.6. The Bertz CT molecular complexity index is 1080. The zero-order valence-corrected chi connectivity index (χ0v) is 16.2. The second-order valence-electron chi connectivity index (χ2n) is 7.54. The Morgan fingerprint density at radius 3 is 2.77 bits per heavy atom. The lowest BCUT2D eigenvalue weighted by molar-refractivity contribution is -0.137. The van der Waals surface area contributed by atoms with Gasteiger partial charge in [-0.05, 0) is 55.8 Å². The van der Waals surface area contributed by atoms with Crippen molar-refractivity contribution in [2.75, 3.05) is 18.0 Å². The Hall–Kier alpha value is -3.03. The Balaban J connectivity index is 1.41. The van der Waals surface area contributed by atoms with Crippen LogP contribution in [0.4, 0.5) is 23.2 Å². The Morgan fingerprint density at radius 2 is 2.00 bits per heavy atom. The molecule has 1 aliphatic heterocycles. The average molecular weight is 420 g/mol. The maximum absolute atomic E-state index is 13.3. The van der Waals surface area contributed by atoms with E-state index in [2.05, 4.69) is 5.32 Å². The van der Waals surface area contributed by atoms with Crippen molar-refractivity contribution in [2.45, 2.75) is 25.6 Å². The van der Waals surface area contributed by atoms with Crippen LogP contribution in [0.15, 0.2) is 52.9 Å². The van der Waals surface area contributed by atoms with Crippen LogP contribution in [0.5, 0.6) is 0 Å². The van der Waals surface area contributed by atoms with E-state index in [9.17, 15) is 22.4 Å². The molecule has 0 saturated carbocycles. The fourth-order valence-corrected chi connectivity index (χ4v) is 3.74. The molecule has 1 aromatic heterocycles. The van der Waals surface area contributed by atoms with Gasteiger partial charge in [-0.25, -0.2) is 4.39 Å². The summed E-state index contributed by atoms with van der Waals surface area (Å²) in [4.78, 5) is 14.5. The topological polar surface area (TPSA) is 45.5 Å². The first-order chi connectivity index (χ1) is 14.2. The average Bonchev–Trinajstić information content (AvgIpc) is 3.34. The summed E-state index contributed by atoms with van der Waals surface area (Å²) >= 11 is 0. The van der Waals surface area contributed by atoms with Gasteiger partial charge >= 0.3 is 6.18 Å². The number of anilines is 1.